The number of nitro groups is 1. The highest BCUT2D eigenvalue weighted by atomic mass is 16.6. The average Bonchev–Trinajstić information content (AvgIpc) is 2.46. The number of hydrogen-bond acceptors (Lipinski definition) is 5. The number of carbonyl (C=O) groups excluding carboxylic acids is 1. The predicted molar refractivity (Wildman–Crippen MR) is 77.6 cm³/mol. The molecule has 0 radical (unpaired) electrons. The third-order valence-corrected chi connectivity index (χ3v) is 3.76. The molecule has 0 aliphatic carbocycles. The molecular formula is C14H19N3O4. The van der Waals surface area contributed by atoms with E-state index in [-0.39, 0.29) is 28.4 Å². The zero-order valence-electron chi connectivity index (χ0n) is 12.1. The van der Waals surface area contributed by atoms with Gasteiger partial charge in [-0.3, -0.25) is 14.9 Å². The lowest BCUT2D eigenvalue weighted by Crippen LogP contribution is -2.52. The van der Waals surface area contributed by atoms with E-state index in [1.807, 2.05) is 6.92 Å². The Morgan fingerprint density at radius 2 is 2.10 bits per heavy atom. The fourth-order valence-electron chi connectivity index (χ4n) is 2.51. The minimum absolute atomic E-state index is 0.00228. The zero-order valence-corrected chi connectivity index (χ0v) is 12.1. The van der Waals surface area contributed by atoms with E-state index >= 15 is 0 Å². The lowest BCUT2D eigenvalue weighted by Gasteiger charge is -2.35. The molecule has 0 atom stereocenters. The summed E-state index contributed by atoms with van der Waals surface area (Å²) in [6, 6.07) is 4.34. The van der Waals surface area contributed by atoms with E-state index in [0.717, 1.165) is 25.9 Å². The summed E-state index contributed by atoms with van der Waals surface area (Å²) in [5, 5.41) is 17.2. The van der Waals surface area contributed by atoms with Crippen molar-refractivity contribution in [1.82, 2.24) is 10.6 Å². The Balaban J connectivity index is 2.26. The van der Waals surface area contributed by atoms with Gasteiger partial charge in [0.05, 0.1) is 17.6 Å². The van der Waals surface area contributed by atoms with Crippen LogP contribution in [0.25, 0.3) is 0 Å². The molecule has 1 amide bonds. The minimum atomic E-state index is -0.554. The van der Waals surface area contributed by atoms with Gasteiger partial charge in [-0.15, -0.1) is 0 Å². The van der Waals surface area contributed by atoms with Crippen LogP contribution in [-0.2, 0) is 0 Å². The van der Waals surface area contributed by atoms with Gasteiger partial charge in [-0.25, -0.2) is 0 Å². The second kappa shape index (κ2) is 6.09. The Hall–Kier alpha value is -2.15. The van der Waals surface area contributed by atoms with Crippen molar-refractivity contribution in [2.75, 3.05) is 20.2 Å². The second-order valence-electron chi connectivity index (χ2n) is 5.38. The number of methoxy groups -OCH3 is 1. The monoisotopic (exact) mass is 293 g/mol. The molecule has 1 saturated heterocycles. The number of nitrogens with one attached hydrogen (secondary N) is 2. The number of amides is 1. The van der Waals surface area contributed by atoms with E-state index in [2.05, 4.69) is 10.6 Å². The van der Waals surface area contributed by atoms with Crippen molar-refractivity contribution in [2.24, 2.45) is 0 Å². The van der Waals surface area contributed by atoms with Crippen LogP contribution in [-0.4, -0.2) is 36.6 Å². The van der Waals surface area contributed by atoms with Crippen molar-refractivity contribution >= 4 is 11.6 Å². The molecule has 7 heteroatoms. The largest absolute Gasteiger partial charge is 0.490 e. The lowest BCUT2D eigenvalue weighted by molar-refractivity contribution is -0.385. The molecule has 1 aliphatic heterocycles. The first-order chi connectivity index (χ1) is 9.97. The molecule has 0 saturated carbocycles. The van der Waals surface area contributed by atoms with Crippen molar-refractivity contribution in [3.05, 3.63) is 33.9 Å². The molecule has 7 nitrogen and oxygen atoms in total. The van der Waals surface area contributed by atoms with Gasteiger partial charge in [0.15, 0.2) is 0 Å². The van der Waals surface area contributed by atoms with Gasteiger partial charge in [0.2, 0.25) is 5.75 Å². The van der Waals surface area contributed by atoms with Crippen molar-refractivity contribution < 1.29 is 14.5 Å². The summed E-state index contributed by atoms with van der Waals surface area (Å²) in [7, 11) is 1.32. The summed E-state index contributed by atoms with van der Waals surface area (Å²) in [5.41, 5.74) is -0.329. The van der Waals surface area contributed by atoms with E-state index < -0.39 is 4.92 Å². The average molecular weight is 293 g/mol. The molecule has 1 aromatic carbocycles. The van der Waals surface area contributed by atoms with E-state index in [1.165, 1.54) is 25.3 Å². The highest BCUT2D eigenvalue weighted by Crippen LogP contribution is 2.31. The highest BCUT2D eigenvalue weighted by molar-refractivity contribution is 5.98. The van der Waals surface area contributed by atoms with Crippen LogP contribution in [0.15, 0.2) is 18.2 Å². The summed E-state index contributed by atoms with van der Waals surface area (Å²) in [6.07, 6.45) is 1.63. The normalized spacial score (nSPS) is 17.0. The first-order valence-corrected chi connectivity index (χ1v) is 6.81. The summed E-state index contributed by atoms with van der Waals surface area (Å²) in [4.78, 5) is 22.9. The number of carbonyl (C=O) groups is 1. The van der Waals surface area contributed by atoms with Crippen LogP contribution in [0.1, 0.15) is 30.1 Å². The molecule has 114 valence electrons. The van der Waals surface area contributed by atoms with Crippen molar-refractivity contribution in [1.29, 1.82) is 0 Å². The summed E-state index contributed by atoms with van der Waals surface area (Å²) in [5.74, 6) is -0.350. The van der Waals surface area contributed by atoms with Crippen molar-refractivity contribution in [3.63, 3.8) is 0 Å². The predicted octanol–water partition coefficient (Wildman–Crippen LogP) is 1.48. The lowest BCUT2D eigenvalue weighted by atomic mass is 9.90. The molecule has 1 fully saturated rings. The van der Waals surface area contributed by atoms with Gasteiger partial charge >= 0.3 is 5.69 Å². The molecule has 0 unspecified atom stereocenters. The van der Waals surface area contributed by atoms with Crippen molar-refractivity contribution in [2.45, 2.75) is 25.3 Å². The molecule has 2 N–H and O–H groups in total. The molecule has 1 aliphatic rings. The number of piperidine rings is 1. The first-order valence-electron chi connectivity index (χ1n) is 6.81. The van der Waals surface area contributed by atoms with Crippen LogP contribution in [0.2, 0.25) is 0 Å². The Morgan fingerprint density at radius 3 is 2.67 bits per heavy atom. The van der Waals surface area contributed by atoms with Gasteiger partial charge < -0.3 is 15.4 Å². The van der Waals surface area contributed by atoms with Gasteiger partial charge in [-0.1, -0.05) is 6.07 Å². The third kappa shape index (κ3) is 3.30. The van der Waals surface area contributed by atoms with Gasteiger partial charge in [-0.05, 0) is 38.9 Å². The maximum absolute atomic E-state index is 12.4. The standard InChI is InChI=1S/C14H19N3O4/c1-14(6-8-15-9-7-14)16-13(18)10-4-3-5-11(17(19)20)12(10)21-2/h3-5,15H,6-9H2,1-2H3,(H,16,18). The van der Waals surface area contributed by atoms with Crippen LogP contribution < -0.4 is 15.4 Å². The number of benzene rings is 1. The second-order valence-corrected chi connectivity index (χ2v) is 5.38. The quantitative estimate of drug-likeness (QED) is 0.647. The molecule has 1 aromatic rings. The fourth-order valence-corrected chi connectivity index (χ4v) is 2.51. The maximum Gasteiger partial charge on any atom is 0.311 e. The topological polar surface area (TPSA) is 93.5 Å². The van der Waals surface area contributed by atoms with Gasteiger partial charge in [0, 0.05) is 11.6 Å². The van der Waals surface area contributed by atoms with E-state index in [0.29, 0.717) is 0 Å². The smallest absolute Gasteiger partial charge is 0.311 e. The van der Waals surface area contributed by atoms with Crippen LogP contribution in [0.4, 0.5) is 5.69 Å². The van der Waals surface area contributed by atoms with Crippen molar-refractivity contribution in [3.8, 4) is 5.75 Å². The van der Waals surface area contributed by atoms with Gasteiger partial charge in [0.1, 0.15) is 0 Å². The Bertz CT molecular complexity index is 553. The van der Waals surface area contributed by atoms with Gasteiger partial charge in [0.25, 0.3) is 5.91 Å². The minimum Gasteiger partial charge on any atom is -0.490 e. The fraction of sp³-hybridized carbons (Fsp3) is 0.500. The maximum atomic E-state index is 12.4. The molecule has 2 rings (SSSR count). The summed E-state index contributed by atoms with van der Waals surface area (Å²) >= 11 is 0. The SMILES string of the molecule is COc1c(C(=O)NC2(C)CCNCC2)cccc1[N+](=O)[O-]. The Kier molecular flexibility index (Phi) is 4.42. The molecule has 21 heavy (non-hydrogen) atoms. The molecule has 0 bridgehead atoms. The van der Waals surface area contributed by atoms with Crippen LogP contribution in [0.5, 0.6) is 5.75 Å². The number of para-hydroxylation sites is 1. The van der Waals surface area contributed by atoms with Crippen LogP contribution in [0.3, 0.4) is 0 Å². The molecule has 0 spiro atoms. The number of rotatable bonds is 4. The van der Waals surface area contributed by atoms with Crippen LogP contribution in [0, 0.1) is 10.1 Å². The Labute approximate surface area is 122 Å². The Morgan fingerprint density at radius 1 is 1.43 bits per heavy atom. The van der Waals surface area contributed by atoms with Crippen LogP contribution >= 0.6 is 0 Å². The van der Waals surface area contributed by atoms with Gasteiger partial charge in [-0.2, -0.15) is 0 Å². The highest BCUT2D eigenvalue weighted by Gasteiger charge is 2.31. The molecule has 1 heterocycles. The summed E-state index contributed by atoms with van der Waals surface area (Å²) in [6.45, 7) is 3.65. The van der Waals surface area contributed by atoms with E-state index in [9.17, 15) is 14.9 Å². The number of nitrogens with zero attached hydrogens (tertiary/aromatic N) is 1. The van der Waals surface area contributed by atoms with E-state index in [4.69, 9.17) is 4.74 Å². The number of hydrogen-bond donors (Lipinski definition) is 2. The zero-order chi connectivity index (χ0) is 15.5. The third-order valence-electron chi connectivity index (χ3n) is 3.76. The number of ether oxygens (including phenoxy) is 1. The molecule has 0 aromatic heterocycles. The van der Waals surface area contributed by atoms with E-state index in [1.54, 1.807) is 0 Å². The summed E-state index contributed by atoms with van der Waals surface area (Å²) < 4.78 is 5.07. The first kappa shape index (κ1) is 15.2. The molecular weight excluding hydrogens is 274 g/mol. The number of nitro benzene ring substituents is 1.